The van der Waals surface area contributed by atoms with Gasteiger partial charge in [-0.1, -0.05) is 6.07 Å². The lowest BCUT2D eigenvalue weighted by Crippen LogP contribution is -2.66. The molecule has 4 rings (SSSR count). The Labute approximate surface area is 201 Å². The van der Waals surface area contributed by atoms with Gasteiger partial charge in [-0.3, -0.25) is 4.79 Å². The van der Waals surface area contributed by atoms with Crippen molar-refractivity contribution < 1.29 is 28.2 Å². The number of halogens is 4. The Hall–Kier alpha value is -2.99. The van der Waals surface area contributed by atoms with Crippen LogP contribution in [0.15, 0.2) is 54.6 Å². The SMILES string of the molecule is O=C(c1ccc(F)c(F)c1Nc1ccc(I)cc1F)N1CC(O)(CNc2cccc(O)c2)C1. The number of β-amino-alcohol motifs (C(OH)–C–C–N with tert-alkyl or cyclic N) is 1. The van der Waals surface area contributed by atoms with Gasteiger partial charge in [-0.2, -0.15) is 0 Å². The fourth-order valence-electron chi connectivity index (χ4n) is 3.55. The van der Waals surface area contributed by atoms with Gasteiger partial charge >= 0.3 is 0 Å². The lowest BCUT2D eigenvalue weighted by atomic mass is 9.92. The Bertz CT molecular complexity index is 1220. The molecule has 0 aliphatic carbocycles. The first-order valence-corrected chi connectivity index (χ1v) is 11.0. The summed E-state index contributed by atoms with van der Waals surface area (Å²) in [6.07, 6.45) is 0. The summed E-state index contributed by atoms with van der Waals surface area (Å²) >= 11 is 1.91. The summed E-state index contributed by atoms with van der Waals surface area (Å²) in [6, 6.07) is 12.5. The minimum Gasteiger partial charge on any atom is -0.508 e. The average molecular weight is 569 g/mol. The monoisotopic (exact) mass is 569 g/mol. The van der Waals surface area contributed by atoms with Crippen LogP contribution in [0.3, 0.4) is 0 Å². The normalized spacial score (nSPS) is 14.5. The molecule has 4 N–H and O–H groups in total. The van der Waals surface area contributed by atoms with Crippen molar-refractivity contribution in [3.05, 3.63) is 81.2 Å². The molecule has 1 fully saturated rings. The molecule has 6 nitrogen and oxygen atoms in total. The van der Waals surface area contributed by atoms with E-state index in [2.05, 4.69) is 10.6 Å². The number of benzene rings is 3. The highest BCUT2D eigenvalue weighted by molar-refractivity contribution is 14.1. The molecule has 1 saturated heterocycles. The summed E-state index contributed by atoms with van der Waals surface area (Å²) in [5.41, 5.74) is -1.41. The first-order chi connectivity index (χ1) is 15.6. The Morgan fingerprint density at radius 1 is 1.06 bits per heavy atom. The molecule has 0 saturated carbocycles. The van der Waals surface area contributed by atoms with Crippen molar-refractivity contribution in [2.45, 2.75) is 5.60 Å². The molecule has 0 spiro atoms. The standard InChI is InChI=1S/C23H19F3IN3O3/c24-17-6-5-16(21(20(17)26)29-19-7-4-13(27)8-18(19)25)22(32)30-11-23(33,12-30)10-28-14-2-1-3-15(31)9-14/h1-9,28-29,31,33H,10-12H2. The third kappa shape index (κ3) is 5.01. The Balaban J connectivity index is 1.49. The Morgan fingerprint density at radius 3 is 2.52 bits per heavy atom. The first kappa shape index (κ1) is 23.2. The van der Waals surface area contributed by atoms with Crippen LogP contribution in [0.5, 0.6) is 5.75 Å². The molecule has 1 amide bonds. The number of amides is 1. The van der Waals surface area contributed by atoms with Gasteiger partial charge in [0.25, 0.3) is 5.91 Å². The van der Waals surface area contributed by atoms with Crippen LogP contribution in [-0.4, -0.2) is 46.3 Å². The molecular weight excluding hydrogens is 550 g/mol. The lowest BCUT2D eigenvalue weighted by Gasteiger charge is -2.46. The zero-order valence-corrected chi connectivity index (χ0v) is 19.2. The van der Waals surface area contributed by atoms with Crippen LogP contribution in [0.25, 0.3) is 0 Å². The number of aliphatic hydroxyl groups is 1. The number of hydrogen-bond acceptors (Lipinski definition) is 5. The number of nitrogens with one attached hydrogen (secondary N) is 2. The molecule has 10 heteroatoms. The van der Waals surface area contributed by atoms with Crippen LogP contribution >= 0.6 is 22.6 Å². The number of anilines is 3. The molecule has 0 radical (unpaired) electrons. The Kier molecular flexibility index (Phi) is 6.39. The summed E-state index contributed by atoms with van der Waals surface area (Å²) in [5.74, 6) is -3.74. The maximum Gasteiger partial charge on any atom is 0.256 e. The predicted octanol–water partition coefficient (Wildman–Crippen LogP) is 4.46. The van der Waals surface area contributed by atoms with Gasteiger partial charge in [-0.25, -0.2) is 13.2 Å². The quantitative estimate of drug-likeness (QED) is 0.330. The first-order valence-electron chi connectivity index (χ1n) is 9.90. The zero-order valence-electron chi connectivity index (χ0n) is 17.1. The van der Waals surface area contributed by atoms with Crippen molar-refractivity contribution in [2.24, 2.45) is 0 Å². The second-order valence-corrected chi connectivity index (χ2v) is 9.07. The Morgan fingerprint density at radius 2 is 1.82 bits per heavy atom. The summed E-state index contributed by atoms with van der Waals surface area (Å²) in [5, 5.41) is 25.7. The number of likely N-dealkylation sites (tertiary alicyclic amines) is 1. The van der Waals surface area contributed by atoms with E-state index in [0.717, 1.165) is 12.1 Å². The summed E-state index contributed by atoms with van der Waals surface area (Å²) in [7, 11) is 0. The highest BCUT2D eigenvalue weighted by Gasteiger charge is 2.44. The summed E-state index contributed by atoms with van der Waals surface area (Å²) in [4.78, 5) is 14.3. The molecule has 1 aliphatic heterocycles. The van der Waals surface area contributed by atoms with Crippen LogP contribution in [0, 0.1) is 21.0 Å². The predicted molar refractivity (Wildman–Crippen MR) is 126 cm³/mol. The molecule has 1 heterocycles. The lowest BCUT2D eigenvalue weighted by molar-refractivity contribution is -0.0706. The molecule has 172 valence electrons. The molecular formula is C23H19F3IN3O3. The van der Waals surface area contributed by atoms with Crippen molar-refractivity contribution in [1.82, 2.24) is 4.90 Å². The van der Waals surface area contributed by atoms with Crippen LogP contribution < -0.4 is 10.6 Å². The highest BCUT2D eigenvalue weighted by atomic mass is 127. The van der Waals surface area contributed by atoms with E-state index in [1.807, 2.05) is 22.6 Å². The minimum absolute atomic E-state index is 0.0476. The molecule has 0 aromatic heterocycles. The molecule has 0 unspecified atom stereocenters. The fraction of sp³-hybridized carbons (Fsp3) is 0.174. The molecule has 33 heavy (non-hydrogen) atoms. The van der Waals surface area contributed by atoms with Gasteiger partial charge in [-0.05, 0) is 65.1 Å². The van der Waals surface area contributed by atoms with Gasteiger partial charge in [0, 0.05) is 21.9 Å². The van der Waals surface area contributed by atoms with Gasteiger partial charge in [0.1, 0.15) is 17.2 Å². The highest BCUT2D eigenvalue weighted by Crippen LogP contribution is 2.32. The molecule has 3 aromatic carbocycles. The van der Waals surface area contributed by atoms with Crippen LogP contribution in [-0.2, 0) is 0 Å². The van der Waals surface area contributed by atoms with Crippen LogP contribution in [0.2, 0.25) is 0 Å². The molecule has 0 atom stereocenters. The second-order valence-electron chi connectivity index (χ2n) is 7.82. The number of carbonyl (C=O) groups is 1. The third-order valence-corrected chi connectivity index (χ3v) is 5.91. The second kappa shape index (κ2) is 9.10. The van der Waals surface area contributed by atoms with Gasteiger partial charge < -0.3 is 25.7 Å². The number of phenols is 1. The van der Waals surface area contributed by atoms with Crippen LogP contribution in [0.1, 0.15) is 10.4 Å². The number of rotatable bonds is 6. The van der Waals surface area contributed by atoms with E-state index in [-0.39, 0.29) is 36.6 Å². The van der Waals surface area contributed by atoms with E-state index in [4.69, 9.17) is 0 Å². The van der Waals surface area contributed by atoms with Crippen molar-refractivity contribution >= 4 is 45.6 Å². The van der Waals surface area contributed by atoms with E-state index in [1.54, 1.807) is 18.2 Å². The van der Waals surface area contributed by atoms with Gasteiger partial charge in [0.05, 0.1) is 30.0 Å². The van der Waals surface area contributed by atoms with Gasteiger partial charge in [0.15, 0.2) is 11.6 Å². The topological polar surface area (TPSA) is 84.8 Å². The molecule has 1 aliphatic rings. The number of aromatic hydroxyl groups is 1. The summed E-state index contributed by atoms with van der Waals surface area (Å²) in [6.45, 7) is 0.0128. The van der Waals surface area contributed by atoms with Crippen molar-refractivity contribution in [2.75, 3.05) is 30.3 Å². The molecule has 0 bridgehead atoms. The van der Waals surface area contributed by atoms with E-state index >= 15 is 0 Å². The number of phenolic OH excluding ortho intramolecular Hbond substituents is 1. The van der Waals surface area contributed by atoms with E-state index in [9.17, 15) is 28.2 Å². The maximum absolute atomic E-state index is 14.6. The number of hydrogen-bond donors (Lipinski definition) is 4. The van der Waals surface area contributed by atoms with Gasteiger partial charge in [-0.15, -0.1) is 0 Å². The largest absolute Gasteiger partial charge is 0.508 e. The van der Waals surface area contributed by atoms with Crippen molar-refractivity contribution in [3.8, 4) is 5.75 Å². The third-order valence-electron chi connectivity index (χ3n) is 5.24. The zero-order chi connectivity index (χ0) is 23.8. The van der Waals surface area contributed by atoms with Crippen LogP contribution in [0.4, 0.5) is 30.2 Å². The molecule has 3 aromatic rings. The summed E-state index contributed by atoms with van der Waals surface area (Å²) < 4.78 is 43.4. The minimum atomic E-state index is -1.31. The van der Waals surface area contributed by atoms with Crippen molar-refractivity contribution in [1.29, 1.82) is 0 Å². The van der Waals surface area contributed by atoms with Crippen molar-refractivity contribution in [3.63, 3.8) is 0 Å². The van der Waals surface area contributed by atoms with E-state index < -0.39 is 34.6 Å². The van der Waals surface area contributed by atoms with E-state index in [1.165, 1.54) is 29.2 Å². The average Bonchev–Trinajstić information content (AvgIpc) is 2.75. The number of nitrogens with zero attached hydrogens (tertiary/aromatic N) is 1. The fourth-order valence-corrected chi connectivity index (χ4v) is 4.00. The smallest absolute Gasteiger partial charge is 0.256 e. The maximum atomic E-state index is 14.6. The number of carbonyl (C=O) groups excluding carboxylic acids is 1. The van der Waals surface area contributed by atoms with E-state index in [0.29, 0.717) is 9.26 Å². The van der Waals surface area contributed by atoms with Gasteiger partial charge in [0.2, 0.25) is 0 Å².